The summed E-state index contributed by atoms with van der Waals surface area (Å²) in [4.78, 5) is 22.5. The van der Waals surface area contributed by atoms with E-state index in [0.29, 0.717) is 12.2 Å². The van der Waals surface area contributed by atoms with Crippen molar-refractivity contribution < 1.29 is 9.59 Å². The average Bonchev–Trinajstić information content (AvgIpc) is 2.26. The molecule has 1 aromatic rings. The molecule has 0 spiro atoms. The van der Waals surface area contributed by atoms with Crippen LogP contribution in [0.2, 0.25) is 0 Å². The second kappa shape index (κ2) is 5.03. The number of amides is 3. The van der Waals surface area contributed by atoms with E-state index in [0.717, 1.165) is 5.56 Å². The molecule has 5 heteroatoms. The van der Waals surface area contributed by atoms with Gasteiger partial charge < -0.3 is 5.32 Å². The molecule has 1 heterocycles. The fraction of sp³-hybridized carbons (Fsp3) is 0.273. The molecule has 0 radical (unpaired) electrons. The Hall–Kier alpha value is -1.49. The van der Waals surface area contributed by atoms with E-state index in [1.165, 1.54) is 0 Å². The van der Waals surface area contributed by atoms with Crippen molar-refractivity contribution in [1.29, 1.82) is 0 Å². The van der Waals surface area contributed by atoms with E-state index >= 15 is 0 Å². The molecule has 0 saturated carbocycles. The number of rotatable bonds is 1. The Labute approximate surface area is 97.8 Å². The van der Waals surface area contributed by atoms with Gasteiger partial charge in [-0.3, -0.25) is 10.1 Å². The van der Waals surface area contributed by atoms with E-state index in [4.69, 9.17) is 0 Å². The summed E-state index contributed by atoms with van der Waals surface area (Å²) in [5, 5.41) is 4.95. The summed E-state index contributed by atoms with van der Waals surface area (Å²) in [6.07, 6.45) is 0.376. The van der Waals surface area contributed by atoms with Crippen molar-refractivity contribution in [2.75, 3.05) is 5.75 Å². The van der Waals surface area contributed by atoms with E-state index < -0.39 is 6.03 Å². The maximum atomic E-state index is 11.4. The molecule has 1 aromatic carbocycles. The number of carbonyl (C=O) groups is 2. The van der Waals surface area contributed by atoms with Crippen molar-refractivity contribution in [3.8, 4) is 0 Å². The van der Waals surface area contributed by atoms with Crippen LogP contribution in [0.25, 0.3) is 0 Å². The Bertz CT molecular complexity index is 394. The monoisotopic (exact) mass is 236 g/mol. The second-order valence-electron chi connectivity index (χ2n) is 3.43. The normalized spacial score (nSPS) is 21.6. The summed E-state index contributed by atoms with van der Waals surface area (Å²) in [6, 6.07) is 9.29. The summed E-state index contributed by atoms with van der Waals surface area (Å²) in [5.41, 5.74) is 1.04. The lowest BCUT2D eigenvalue weighted by Gasteiger charge is -2.21. The summed E-state index contributed by atoms with van der Waals surface area (Å²) in [7, 11) is 0. The summed E-state index contributed by atoms with van der Waals surface area (Å²) in [5.74, 6) is 0.475. The molecule has 16 heavy (non-hydrogen) atoms. The molecule has 0 aromatic heterocycles. The third-order valence-electron chi connectivity index (χ3n) is 2.23. The quantitative estimate of drug-likeness (QED) is 0.779. The van der Waals surface area contributed by atoms with Crippen LogP contribution in [-0.4, -0.2) is 17.7 Å². The van der Waals surface area contributed by atoms with Crippen molar-refractivity contribution in [2.24, 2.45) is 0 Å². The molecule has 1 aliphatic rings. The minimum Gasteiger partial charge on any atom is -0.322 e. The number of thioether (sulfide) groups is 1. The third-order valence-corrected chi connectivity index (χ3v) is 3.39. The van der Waals surface area contributed by atoms with Crippen LogP contribution in [0.3, 0.4) is 0 Å². The van der Waals surface area contributed by atoms with Gasteiger partial charge in [0.15, 0.2) is 0 Å². The van der Waals surface area contributed by atoms with Gasteiger partial charge in [-0.2, -0.15) is 0 Å². The van der Waals surface area contributed by atoms with Gasteiger partial charge >= 0.3 is 6.03 Å². The van der Waals surface area contributed by atoms with Gasteiger partial charge in [0, 0.05) is 12.2 Å². The van der Waals surface area contributed by atoms with E-state index in [2.05, 4.69) is 10.6 Å². The fourth-order valence-electron chi connectivity index (χ4n) is 1.46. The zero-order valence-electron chi connectivity index (χ0n) is 8.60. The minimum atomic E-state index is -0.425. The number of carbonyl (C=O) groups excluding carboxylic acids is 2. The SMILES string of the molecule is O=C1CCSC(c2ccccc2)NC(=O)N1. The number of imide groups is 1. The van der Waals surface area contributed by atoms with Crippen molar-refractivity contribution in [3.63, 3.8) is 0 Å². The Balaban J connectivity index is 2.10. The van der Waals surface area contributed by atoms with E-state index in [9.17, 15) is 9.59 Å². The highest BCUT2D eigenvalue weighted by atomic mass is 32.2. The van der Waals surface area contributed by atoms with Crippen LogP contribution < -0.4 is 10.6 Å². The highest BCUT2D eigenvalue weighted by Gasteiger charge is 2.19. The number of nitrogens with one attached hydrogen (secondary N) is 2. The molecule has 0 aliphatic carbocycles. The standard InChI is InChI=1S/C11H12N2O2S/c14-9-6-7-16-10(13-11(15)12-9)8-4-2-1-3-5-8/h1-5,10H,6-7H2,(H2,12,13,14,15). The smallest absolute Gasteiger partial charge is 0.322 e. The van der Waals surface area contributed by atoms with Crippen molar-refractivity contribution in [1.82, 2.24) is 10.6 Å². The molecular formula is C11H12N2O2S. The molecule has 1 unspecified atom stereocenters. The minimum absolute atomic E-state index is 0.0886. The van der Waals surface area contributed by atoms with Gasteiger partial charge in [0.2, 0.25) is 5.91 Å². The maximum absolute atomic E-state index is 11.4. The van der Waals surface area contributed by atoms with Gasteiger partial charge in [0.25, 0.3) is 0 Å². The molecule has 1 aliphatic heterocycles. The van der Waals surface area contributed by atoms with Crippen LogP contribution in [0.15, 0.2) is 30.3 Å². The van der Waals surface area contributed by atoms with E-state index in [1.54, 1.807) is 11.8 Å². The van der Waals surface area contributed by atoms with Crippen LogP contribution in [-0.2, 0) is 4.79 Å². The van der Waals surface area contributed by atoms with Crippen LogP contribution in [0.5, 0.6) is 0 Å². The van der Waals surface area contributed by atoms with Gasteiger partial charge in [-0.1, -0.05) is 30.3 Å². The zero-order chi connectivity index (χ0) is 11.4. The number of hydrogen-bond acceptors (Lipinski definition) is 3. The molecule has 2 N–H and O–H groups in total. The Morgan fingerprint density at radius 1 is 1.19 bits per heavy atom. The fourth-order valence-corrected chi connectivity index (χ4v) is 2.54. The van der Waals surface area contributed by atoms with Gasteiger partial charge in [0.05, 0.1) is 0 Å². The molecular weight excluding hydrogens is 224 g/mol. The van der Waals surface area contributed by atoms with E-state index in [-0.39, 0.29) is 11.3 Å². The molecule has 4 nitrogen and oxygen atoms in total. The topological polar surface area (TPSA) is 58.2 Å². The summed E-state index contributed by atoms with van der Waals surface area (Å²) >= 11 is 1.57. The third kappa shape index (κ3) is 2.76. The highest BCUT2D eigenvalue weighted by molar-refractivity contribution is 7.99. The first kappa shape index (κ1) is 11.0. The second-order valence-corrected chi connectivity index (χ2v) is 4.65. The van der Waals surface area contributed by atoms with Gasteiger partial charge in [-0.15, -0.1) is 11.8 Å². The first-order chi connectivity index (χ1) is 7.75. The van der Waals surface area contributed by atoms with Gasteiger partial charge in [-0.05, 0) is 5.56 Å². The highest BCUT2D eigenvalue weighted by Crippen LogP contribution is 2.27. The number of urea groups is 1. The molecule has 84 valence electrons. The molecule has 0 bridgehead atoms. The van der Waals surface area contributed by atoms with Crippen LogP contribution in [0, 0.1) is 0 Å². The Morgan fingerprint density at radius 2 is 1.94 bits per heavy atom. The largest absolute Gasteiger partial charge is 0.322 e. The predicted molar refractivity (Wildman–Crippen MR) is 62.9 cm³/mol. The lowest BCUT2D eigenvalue weighted by atomic mass is 10.2. The molecule has 3 amide bonds. The van der Waals surface area contributed by atoms with Gasteiger partial charge in [-0.25, -0.2) is 4.79 Å². The Morgan fingerprint density at radius 3 is 2.69 bits per heavy atom. The van der Waals surface area contributed by atoms with E-state index in [1.807, 2.05) is 30.3 Å². The van der Waals surface area contributed by atoms with Crippen LogP contribution >= 0.6 is 11.8 Å². The molecule has 2 rings (SSSR count). The van der Waals surface area contributed by atoms with Crippen molar-refractivity contribution >= 4 is 23.7 Å². The lowest BCUT2D eigenvalue weighted by Crippen LogP contribution is -2.42. The molecule has 1 atom stereocenters. The van der Waals surface area contributed by atoms with Crippen molar-refractivity contribution in [2.45, 2.75) is 11.8 Å². The molecule has 1 fully saturated rings. The van der Waals surface area contributed by atoms with Crippen LogP contribution in [0.1, 0.15) is 17.4 Å². The van der Waals surface area contributed by atoms with Crippen LogP contribution in [0.4, 0.5) is 4.79 Å². The maximum Gasteiger partial charge on any atom is 0.322 e. The number of hydrogen-bond donors (Lipinski definition) is 2. The predicted octanol–water partition coefficient (Wildman–Crippen LogP) is 1.65. The van der Waals surface area contributed by atoms with Crippen molar-refractivity contribution in [3.05, 3.63) is 35.9 Å². The molecule has 1 saturated heterocycles. The Kier molecular flexibility index (Phi) is 3.46. The summed E-state index contributed by atoms with van der Waals surface area (Å²) < 4.78 is 0. The first-order valence-electron chi connectivity index (χ1n) is 5.02. The van der Waals surface area contributed by atoms with Gasteiger partial charge in [0.1, 0.15) is 5.37 Å². The number of benzene rings is 1. The first-order valence-corrected chi connectivity index (χ1v) is 6.07. The lowest BCUT2D eigenvalue weighted by molar-refractivity contribution is -0.119. The summed E-state index contributed by atoms with van der Waals surface area (Å²) in [6.45, 7) is 0. The average molecular weight is 236 g/mol. The zero-order valence-corrected chi connectivity index (χ0v) is 9.42.